The average molecular weight is 1280 g/mol. The first-order valence-electron chi connectivity index (χ1n) is 35.6. The Morgan fingerprint density at radius 3 is 0.782 bits per heavy atom. The normalized spacial score (nSPS) is 14.1. The van der Waals surface area contributed by atoms with Gasteiger partial charge in [-0.25, -0.2) is 9.13 Å². The lowest BCUT2D eigenvalue weighted by Crippen LogP contribution is -2.30. The average Bonchev–Trinajstić information content (AvgIpc) is 3.70. The molecule has 19 heteroatoms. The van der Waals surface area contributed by atoms with E-state index in [-0.39, 0.29) is 25.7 Å². The Morgan fingerprint density at radius 1 is 0.310 bits per heavy atom. The van der Waals surface area contributed by atoms with Crippen LogP contribution in [0.5, 0.6) is 0 Å². The Bertz CT molecular complexity index is 1690. The number of hydrogen-bond acceptors (Lipinski definition) is 15. The maximum absolute atomic E-state index is 13.0. The fraction of sp³-hybridized carbons (Fsp3) is 0.941. The summed E-state index contributed by atoms with van der Waals surface area (Å²) in [5.74, 6) is -1.32. The molecule has 3 N–H and O–H groups in total. The van der Waals surface area contributed by atoms with Crippen LogP contribution in [-0.2, 0) is 65.4 Å². The summed E-state index contributed by atoms with van der Waals surface area (Å²) in [4.78, 5) is 72.3. The van der Waals surface area contributed by atoms with Crippen molar-refractivity contribution in [2.45, 2.75) is 368 Å². The predicted octanol–water partition coefficient (Wildman–Crippen LogP) is 19.4. The molecule has 0 spiro atoms. The van der Waals surface area contributed by atoms with Gasteiger partial charge in [-0.2, -0.15) is 0 Å². The molecule has 0 aromatic carbocycles. The second-order valence-electron chi connectivity index (χ2n) is 25.0. The maximum Gasteiger partial charge on any atom is 0.472 e. The molecule has 0 aliphatic heterocycles. The summed E-state index contributed by atoms with van der Waals surface area (Å²) in [6.45, 7) is 7.22. The fourth-order valence-electron chi connectivity index (χ4n) is 10.3. The number of unbranched alkanes of at least 4 members (excludes halogenated alkanes) is 40. The second-order valence-corrected chi connectivity index (χ2v) is 27.9. The number of carbonyl (C=O) groups excluding carboxylic acids is 4. The van der Waals surface area contributed by atoms with Gasteiger partial charge < -0.3 is 33.8 Å². The van der Waals surface area contributed by atoms with Crippen LogP contribution in [0.1, 0.15) is 349 Å². The van der Waals surface area contributed by atoms with Gasteiger partial charge in [0.2, 0.25) is 0 Å². The van der Waals surface area contributed by atoms with E-state index in [1.54, 1.807) is 0 Å². The molecule has 5 atom stereocenters. The summed E-state index contributed by atoms with van der Waals surface area (Å²) in [6, 6.07) is 0. The number of ether oxygens (including phenoxy) is 4. The molecule has 0 heterocycles. The van der Waals surface area contributed by atoms with Gasteiger partial charge in [0.05, 0.1) is 26.4 Å². The first kappa shape index (κ1) is 85.1. The summed E-state index contributed by atoms with van der Waals surface area (Å²) in [5.41, 5.74) is 0. The quantitative estimate of drug-likeness (QED) is 0.0222. The molecule has 0 aliphatic carbocycles. The summed E-state index contributed by atoms with van der Waals surface area (Å²) in [5, 5.41) is 10.6. The van der Waals surface area contributed by atoms with Crippen molar-refractivity contribution in [3.8, 4) is 0 Å². The number of hydrogen-bond donors (Lipinski definition) is 3. The van der Waals surface area contributed by atoms with Gasteiger partial charge in [0, 0.05) is 25.7 Å². The van der Waals surface area contributed by atoms with Gasteiger partial charge in [0.25, 0.3) is 0 Å². The first-order valence-corrected chi connectivity index (χ1v) is 38.6. The highest BCUT2D eigenvalue weighted by atomic mass is 31.2. The Balaban J connectivity index is 5.18. The zero-order valence-corrected chi connectivity index (χ0v) is 57.9. The smallest absolute Gasteiger partial charge is 0.462 e. The topological polar surface area (TPSA) is 237 Å². The van der Waals surface area contributed by atoms with Crippen LogP contribution in [0, 0.1) is 5.92 Å². The van der Waals surface area contributed by atoms with Crippen molar-refractivity contribution < 1.29 is 80.2 Å². The van der Waals surface area contributed by atoms with E-state index in [0.717, 1.165) is 95.8 Å². The highest BCUT2D eigenvalue weighted by molar-refractivity contribution is 7.47. The van der Waals surface area contributed by atoms with Crippen molar-refractivity contribution in [2.75, 3.05) is 39.6 Å². The second kappa shape index (κ2) is 61.6. The van der Waals surface area contributed by atoms with E-state index < -0.39 is 97.5 Å². The third-order valence-electron chi connectivity index (χ3n) is 15.8. The van der Waals surface area contributed by atoms with Crippen molar-refractivity contribution in [3.63, 3.8) is 0 Å². The number of phosphoric ester groups is 2. The fourth-order valence-corrected chi connectivity index (χ4v) is 11.9. The van der Waals surface area contributed by atoms with E-state index in [2.05, 4.69) is 34.6 Å². The molecular weight excluding hydrogens is 1150 g/mol. The summed E-state index contributed by atoms with van der Waals surface area (Å²) >= 11 is 0. The zero-order chi connectivity index (χ0) is 64.2. The van der Waals surface area contributed by atoms with E-state index in [1.165, 1.54) is 173 Å². The molecule has 17 nitrogen and oxygen atoms in total. The van der Waals surface area contributed by atoms with E-state index in [9.17, 15) is 43.2 Å². The predicted molar refractivity (Wildman–Crippen MR) is 349 cm³/mol. The molecule has 0 fully saturated rings. The third kappa shape index (κ3) is 62.6. The van der Waals surface area contributed by atoms with Gasteiger partial charge in [-0.15, -0.1) is 0 Å². The van der Waals surface area contributed by atoms with Crippen LogP contribution in [0.2, 0.25) is 0 Å². The van der Waals surface area contributed by atoms with Crippen molar-refractivity contribution in [3.05, 3.63) is 0 Å². The number of rotatable bonds is 68. The van der Waals surface area contributed by atoms with Crippen molar-refractivity contribution in [2.24, 2.45) is 5.92 Å². The summed E-state index contributed by atoms with van der Waals surface area (Å²) in [7, 11) is -9.89. The largest absolute Gasteiger partial charge is 0.472 e. The number of phosphoric acid groups is 2. The lowest BCUT2D eigenvalue weighted by atomic mass is 10.0. The van der Waals surface area contributed by atoms with Gasteiger partial charge in [-0.05, 0) is 31.6 Å². The molecular formula is C68H132O17P2. The number of carbonyl (C=O) groups is 4. The maximum atomic E-state index is 13.0. The van der Waals surface area contributed by atoms with Gasteiger partial charge in [-0.1, -0.05) is 298 Å². The minimum absolute atomic E-state index is 0.106. The van der Waals surface area contributed by atoms with Crippen LogP contribution in [0.15, 0.2) is 0 Å². The van der Waals surface area contributed by atoms with Crippen LogP contribution < -0.4 is 0 Å². The summed E-state index contributed by atoms with van der Waals surface area (Å²) < 4.78 is 68.1. The molecule has 2 unspecified atom stereocenters. The molecule has 0 bridgehead atoms. The molecule has 516 valence electrons. The van der Waals surface area contributed by atoms with Gasteiger partial charge >= 0.3 is 39.5 Å². The van der Waals surface area contributed by atoms with Crippen LogP contribution in [0.25, 0.3) is 0 Å². The zero-order valence-electron chi connectivity index (χ0n) is 56.2. The Labute approximate surface area is 530 Å². The van der Waals surface area contributed by atoms with E-state index in [0.29, 0.717) is 25.7 Å². The van der Waals surface area contributed by atoms with Crippen LogP contribution in [0.4, 0.5) is 0 Å². The molecule has 0 saturated heterocycles. The summed E-state index contributed by atoms with van der Waals surface area (Å²) in [6.07, 6.45) is 47.2. The van der Waals surface area contributed by atoms with E-state index in [4.69, 9.17) is 37.0 Å². The van der Waals surface area contributed by atoms with Crippen molar-refractivity contribution in [1.29, 1.82) is 0 Å². The van der Waals surface area contributed by atoms with E-state index in [1.807, 2.05) is 0 Å². The lowest BCUT2D eigenvalue weighted by molar-refractivity contribution is -0.161. The standard InChI is InChI=1S/C68H132O17P2/c1-6-9-12-15-18-21-27-33-37-42-47-52-66(71)79-58-64(85-68(73)54-49-44-39-34-29-26-24-22-23-25-28-32-35-40-45-50-61(4)5)60-83-87(76,77)81-56-62(69)55-80-86(74,75)82-59-63(84-67(72)53-48-43-38-31-20-17-14-11-8-3)57-78-65(70)51-46-41-36-30-19-16-13-10-7-2/h61-64,69H,6-60H2,1-5H3,(H,74,75)(H,76,77)/t62-,63+,64+/m0/s1. The minimum Gasteiger partial charge on any atom is -0.462 e. The molecule has 0 aromatic heterocycles. The van der Waals surface area contributed by atoms with Crippen LogP contribution >= 0.6 is 15.6 Å². The van der Waals surface area contributed by atoms with Gasteiger partial charge in [0.1, 0.15) is 19.3 Å². The minimum atomic E-state index is -4.95. The Morgan fingerprint density at radius 2 is 0.529 bits per heavy atom. The Hall–Kier alpha value is -1.94. The van der Waals surface area contributed by atoms with Crippen LogP contribution in [-0.4, -0.2) is 96.7 Å². The molecule has 0 amide bonds. The first-order chi connectivity index (χ1) is 42.0. The lowest BCUT2D eigenvalue weighted by Gasteiger charge is -2.21. The van der Waals surface area contributed by atoms with Gasteiger partial charge in [0.15, 0.2) is 12.2 Å². The highest BCUT2D eigenvalue weighted by Gasteiger charge is 2.30. The van der Waals surface area contributed by atoms with E-state index >= 15 is 0 Å². The number of aliphatic hydroxyl groups excluding tert-OH is 1. The Kier molecular flexibility index (Phi) is 60.2. The van der Waals surface area contributed by atoms with Gasteiger partial charge in [-0.3, -0.25) is 37.3 Å². The SMILES string of the molecule is CCCCCCCCCCCCCC(=O)OC[C@H](COP(=O)(O)OC[C@@H](O)COP(=O)(O)OC[C@@H](COC(=O)CCCCCCCCCCC)OC(=O)CCCCCCCCCCC)OC(=O)CCCCCCCCCCCCCCCCCC(C)C. The molecule has 0 radical (unpaired) electrons. The molecule has 0 rings (SSSR count). The molecule has 0 saturated carbocycles. The molecule has 0 aliphatic rings. The van der Waals surface area contributed by atoms with Crippen molar-refractivity contribution >= 4 is 39.5 Å². The number of aliphatic hydroxyl groups is 1. The molecule has 0 aromatic rings. The number of esters is 4. The monoisotopic (exact) mass is 1280 g/mol. The molecule has 87 heavy (non-hydrogen) atoms. The highest BCUT2D eigenvalue weighted by Crippen LogP contribution is 2.45. The van der Waals surface area contributed by atoms with Crippen LogP contribution in [0.3, 0.4) is 0 Å². The third-order valence-corrected chi connectivity index (χ3v) is 17.7. The van der Waals surface area contributed by atoms with Crippen molar-refractivity contribution in [1.82, 2.24) is 0 Å².